The van der Waals surface area contributed by atoms with E-state index in [9.17, 15) is 14.0 Å². The number of unbranched alkanes of at least 4 members (excludes halogenated alkanes) is 11. The highest BCUT2D eigenvalue weighted by atomic mass is 19.1. The summed E-state index contributed by atoms with van der Waals surface area (Å²) in [7, 11) is 0. The lowest BCUT2D eigenvalue weighted by Crippen LogP contribution is -2.32. The summed E-state index contributed by atoms with van der Waals surface area (Å²) in [5.41, 5.74) is -0.435. The normalized spacial score (nSPS) is 19.7. The Morgan fingerprint density at radius 2 is 1.71 bits per heavy atom. The zero-order chi connectivity index (χ0) is 34.8. The fourth-order valence-corrected chi connectivity index (χ4v) is 6.05. The summed E-state index contributed by atoms with van der Waals surface area (Å²) in [6.45, 7) is 8.72. The summed E-state index contributed by atoms with van der Waals surface area (Å²) in [6.07, 6.45) is 19.8. The zero-order valence-electron chi connectivity index (χ0n) is 29.4. The fourth-order valence-electron chi connectivity index (χ4n) is 6.05. The van der Waals surface area contributed by atoms with Crippen molar-refractivity contribution in [3.8, 4) is 12.3 Å². The molecule has 1 saturated heterocycles. The Morgan fingerprint density at radius 1 is 1.04 bits per heavy atom. The average Bonchev–Trinajstić information content (AvgIpc) is 3.64. The van der Waals surface area contributed by atoms with Gasteiger partial charge >= 0.3 is 18.1 Å². The number of terminal acetylenes is 1. The molecule has 3 heterocycles. The van der Waals surface area contributed by atoms with Gasteiger partial charge in [0.15, 0.2) is 23.1 Å². The molecule has 1 N–H and O–H groups in total. The minimum Gasteiger partial charge on any atom is -0.462 e. The number of nitrogens with zero attached hydrogens (tertiary/aromatic N) is 4. The number of nitrogens with one attached hydrogen (secondary N) is 1. The number of hydrogen-bond donors (Lipinski definition) is 1. The summed E-state index contributed by atoms with van der Waals surface area (Å²) in [6, 6.07) is 0. The molecule has 48 heavy (non-hydrogen) atoms. The van der Waals surface area contributed by atoms with E-state index >= 15 is 0 Å². The van der Waals surface area contributed by atoms with Gasteiger partial charge in [0.1, 0.15) is 18.4 Å². The van der Waals surface area contributed by atoms with Crippen LogP contribution in [-0.4, -0.2) is 63.1 Å². The molecule has 0 aromatic carbocycles. The molecule has 12 heteroatoms. The van der Waals surface area contributed by atoms with Gasteiger partial charge in [0, 0.05) is 18.9 Å². The number of fused-ring (bicyclic) bond motifs is 1. The standard InChI is InChI=1S/C36H56FN5O6/c1-6-10-12-14-16-18-20-22-45-24-28(25-46-30(43)21-19-17-15-13-11-7-2)47-35(44)40-32-31-33(41-34(37)39-32)42(26-38-31)29-23-27(5)36(8-3,9-4)48-29/h3,26-29H,6-7,9-25H2,1-2,4-5H3,(H,39,40,41,44)/t27-,28?,29+,36+/m0/s1. The van der Waals surface area contributed by atoms with Crippen molar-refractivity contribution in [1.29, 1.82) is 0 Å². The quantitative estimate of drug-likeness (QED) is 0.0537. The zero-order valence-corrected chi connectivity index (χ0v) is 29.4. The lowest BCUT2D eigenvalue weighted by Gasteiger charge is -2.25. The molecule has 4 atom stereocenters. The number of hydrogen-bond acceptors (Lipinski definition) is 9. The SMILES string of the molecule is C#C[C@]1(CC)O[C@@H](n2cnc3c(NC(=O)OC(COCCCCCCCCC)COC(=O)CCCCCCCC)nc(F)nc32)C[C@@H]1C. The van der Waals surface area contributed by atoms with E-state index in [-0.39, 0.29) is 42.1 Å². The van der Waals surface area contributed by atoms with E-state index in [1.54, 1.807) is 4.57 Å². The summed E-state index contributed by atoms with van der Waals surface area (Å²) in [4.78, 5) is 37.5. The first-order valence-corrected chi connectivity index (χ1v) is 18.0. The van der Waals surface area contributed by atoms with E-state index in [0.717, 1.165) is 44.9 Å². The van der Waals surface area contributed by atoms with Crippen LogP contribution in [0.2, 0.25) is 0 Å². The van der Waals surface area contributed by atoms with Crippen LogP contribution in [0.25, 0.3) is 11.2 Å². The average molecular weight is 674 g/mol. The number of esters is 1. The second-order valence-electron chi connectivity index (χ2n) is 12.8. The van der Waals surface area contributed by atoms with E-state index < -0.39 is 30.1 Å². The molecule has 268 valence electrons. The van der Waals surface area contributed by atoms with Crippen LogP contribution in [-0.2, 0) is 23.7 Å². The number of halogens is 1. The first-order chi connectivity index (χ1) is 23.3. The Bertz CT molecular complexity index is 1320. The predicted molar refractivity (Wildman–Crippen MR) is 183 cm³/mol. The highest BCUT2D eigenvalue weighted by Gasteiger charge is 2.45. The lowest BCUT2D eigenvalue weighted by molar-refractivity contribution is -0.147. The van der Waals surface area contributed by atoms with E-state index in [0.29, 0.717) is 25.9 Å². The molecule has 2 aromatic rings. The topological polar surface area (TPSA) is 127 Å². The number of aromatic nitrogens is 4. The van der Waals surface area contributed by atoms with Crippen LogP contribution < -0.4 is 5.32 Å². The van der Waals surface area contributed by atoms with Crippen molar-refractivity contribution in [1.82, 2.24) is 19.5 Å². The van der Waals surface area contributed by atoms with Crippen molar-refractivity contribution in [3.05, 3.63) is 12.4 Å². The van der Waals surface area contributed by atoms with Crippen molar-refractivity contribution < 1.29 is 32.9 Å². The number of carbonyl (C=O) groups is 2. The van der Waals surface area contributed by atoms with Crippen LogP contribution in [0.1, 0.15) is 137 Å². The Labute approximate surface area is 285 Å². The number of carbonyl (C=O) groups excluding carboxylic acids is 2. The van der Waals surface area contributed by atoms with E-state index in [1.165, 1.54) is 44.9 Å². The fraction of sp³-hybridized carbons (Fsp3) is 0.750. The van der Waals surface area contributed by atoms with Crippen molar-refractivity contribution in [2.45, 2.75) is 148 Å². The maximum Gasteiger partial charge on any atom is 0.413 e. The highest BCUT2D eigenvalue weighted by Crippen LogP contribution is 2.43. The maximum atomic E-state index is 14.7. The van der Waals surface area contributed by atoms with Gasteiger partial charge in [-0.15, -0.1) is 6.42 Å². The van der Waals surface area contributed by atoms with Crippen molar-refractivity contribution in [2.75, 3.05) is 25.1 Å². The van der Waals surface area contributed by atoms with Crippen molar-refractivity contribution >= 4 is 29.0 Å². The minimum atomic E-state index is -1.05. The number of amides is 1. The summed E-state index contributed by atoms with van der Waals surface area (Å²) < 4.78 is 39.4. The maximum absolute atomic E-state index is 14.7. The van der Waals surface area contributed by atoms with Gasteiger partial charge in [-0.05, 0) is 25.7 Å². The molecular formula is C36H56FN5O6. The van der Waals surface area contributed by atoms with Crippen LogP contribution in [0.4, 0.5) is 15.0 Å². The predicted octanol–water partition coefficient (Wildman–Crippen LogP) is 8.28. The summed E-state index contributed by atoms with van der Waals surface area (Å²) in [5.74, 6) is 2.32. The molecule has 3 rings (SSSR count). The Kier molecular flexibility index (Phi) is 17.1. The first kappa shape index (κ1) is 39.1. The van der Waals surface area contributed by atoms with Crippen molar-refractivity contribution in [3.63, 3.8) is 0 Å². The molecule has 0 spiro atoms. The second kappa shape index (κ2) is 20.9. The number of ether oxygens (including phenoxy) is 4. The van der Waals surface area contributed by atoms with Crippen LogP contribution in [0.5, 0.6) is 0 Å². The molecule has 0 radical (unpaired) electrons. The minimum absolute atomic E-state index is 0.0429. The van der Waals surface area contributed by atoms with E-state index in [2.05, 4.69) is 40.0 Å². The molecule has 1 unspecified atom stereocenters. The third-order valence-corrected chi connectivity index (χ3v) is 9.03. The van der Waals surface area contributed by atoms with E-state index in [4.69, 9.17) is 25.4 Å². The second-order valence-corrected chi connectivity index (χ2v) is 12.8. The Balaban J connectivity index is 1.60. The molecule has 1 amide bonds. The van der Waals surface area contributed by atoms with Gasteiger partial charge in [-0.1, -0.05) is 104 Å². The molecule has 0 saturated carbocycles. The third-order valence-electron chi connectivity index (χ3n) is 9.03. The molecule has 1 fully saturated rings. The van der Waals surface area contributed by atoms with Crippen LogP contribution in [0.3, 0.4) is 0 Å². The molecule has 11 nitrogen and oxygen atoms in total. The van der Waals surface area contributed by atoms with Gasteiger partial charge in [0.25, 0.3) is 0 Å². The Morgan fingerprint density at radius 3 is 2.35 bits per heavy atom. The van der Waals surface area contributed by atoms with Gasteiger partial charge in [-0.25, -0.2) is 9.78 Å². The summed E-state index contributed by atoms with van der Waals surface area (Å²) >= 11 is 0. The van der Waals surface area contributed by atoms with Crippen LogP contribution in [0, 0.1) is 24.3 Å². The third kappa shape index (κ3) is 12.0. The largest absolute Gasteiger partial charge is 0.462 e. The molecular weight excluding hydrogens is 617 g/mol. The van der Waals surface area contributed by atoms with E-state index in [1.807, 2.05) is 13.8 Å². The van der Waals surface area contributed by atoms with Crippen LogP contribution >= 0.6 is 0 Å². The lowest BCUT2D eigenvalue weighted by atomic mass is 9.87. The van der Waals surface area contributed by atoms with Crippen molar-refractivity contribution in [2.24, 2.45) is 5.92 Å². The molecule has 0 aliphatic carbocycles. The smallest absolute Gasteiger partial charge is 0.413 e. The number of anilines is 1. The highest BCUT2D eigenvalue weighted by molar-refractivity contribution is 5.93. The van der Waals surface area contributed by atoms with Gasteiger partial charge in [-0.3, -0.25) is 14.7 Å². The Hall–Kier alpha value is -3.30. The van der Waals surface area contributed by atoms with Gasteiger partial charge < -0.3 is 18.9 Å². The van der Waals surface area contributed by atoms with Gasteiger partial charge in [-0.2, -0.15) is 14.4 Å². The molecule has 1 aliphatic rings. The molecule has 0 bridgehead atoms. The van der Waals surface area contributed by atoms with Crippen LogP contribution in [0.15, 0.2) is 6.33 Å². The van der Waals surface area contributed by atoms with Gasteiger partial charge in [0.2, 0.25) is 0 Å². The number of imidazole rings is 1. The number of rotatable bonds is 23. The monoisotopic (exact) mass is 673 g/mol. The van der Waals surface area contributed by atoms with Gasteiger partial charge in [0.05, 0.1) is 12.9 Å². The summed E-state index contributed by atoms with van der Waals surface area (Å²) in [5, 5.41) is 2.49. The first-order valence-electron chi connectivity index (χ1n) is 18.0. The molecule has 1 aliphatic heterocycles. The molecule has 2 aromatic heterocycles.